The zero-order valence-corrected chi connectivity index (χ0v) is 17.2. The van der Waals surface area contributed by atoms with Crippen LogP contribution in [0.25, 0.3) is 21.5 Å². The van der Waals surface area contributed by atoms with Gasteiger partial charge in [0.05, 0.1) is 18.5 Å². The van der Waals surface area contributed by atoms with Crippen molar-refractivity contribution in [3.05, 3.63) is 71.1 Å². The second kappa shape index (κ2) is 7.96. The van der Waals surface area contributed by atoms with E-state index in [1.807, 2.05) is 36.4 Å². The molecule has 0 bridgehead atoms. The number of aromatic nitrogens is 1. The summed E-state index contributed by atoms with van der Waals surface area (Å²) >= 11 is 1.24. The van der Waals surface area contributed by atoms with E-state index in [1.54, 1.807) is 31.4 Å². The van der Waals surface area contributed by atoms with Gasteiger partial charge in [-0.2, -0.15) is 0 Å². The van der Waals surface area contributed by atoms with Gasteiger partial charge in [0.1, 0.15) is 15.5 Å². The number of carbonyl (C=O) groups excluding carboxylic acids is 2. The number of carbonyl (C=O) groups is 2. The molecule has 0 aliphatic rings. The third-order valence-corrected chi connectivity index (χ3v) is 5.83. The molecule has 1 amide bonds. The van der Waals surface area contributed by atoms with E-state index in [4.69, 9.17) is 10.5 Å². The topological polar surface area (TPSA) is 94.3 Å². The minimum atomic E-state index is -0.311. The van der Waals surface area contributed by atoms with Gasteiger partial charge in [0, 0.05) is 22.2 Å². The van der Waals surface area contributed by atoms with Gasteiger partial charge >= 0.3 is 0 Å². The summed E-state index contributed by atoms with van der Waals surface area (Å²) in [5.74, 6) is 0.407. The molecule has 7 heteroatoms. The number of hydrogen-bond acceptors (Lipinski definition) is 6. The SMILES string of the molecule is COc1cccc(-c2ccc3c(N)c(C(=O)Nc4ccc(C(C)=O)cc4)sc3n2)c1. The number of anilines is 2. The number of benzene rings is 2. The first-order valence-corrected chi connectivity index (χ1v) is 10.0. The summed E-state index contributed by atoms with van der Waals surface area (Å²) in [5, 5.41) is 3.56. The number of nitrogens with two attached hydrogens (primary N) is 1. The van der Waals surface area contributed by atoms with Crippen LogP contribution in [0.3, 0.4) is 0 Å². The van der Waals surface area contributed by atoms with Crippen molar-refractivity contribution in [2.24, 2.45) is 0 Å². The summed E-state index contributed by atoms with van der Waals surface area (Å²) in [6.45, 7) is 1.50. The molecule has 0 fully saturated rings. The highest BCUT2D eigenvalue weighted by molar-refractivity contribution is 7.21. The number of nitrogen functional groups attached to an aromatic ring is 1. The molecule has 0 saturated carbocycles. The average molecular weight is 417 g/mol. The largest absolute Gasteiger partial charge is 0.497 e. The van der Waals surface area contributed by atoms with Crippen molar-refractivity contribution in [2.75, 3.05) is 18.2 Å². The highest BCUT2D eigenvalue weighted by Crippen LogP contribution is 2.35. The molecule has 150 valence electrons. The van der Waals surface area contributed by atoms with Gasteiger partial charge in [0.25, 0.3) is 5.91 Å². The Balaban J connectivity index is 1.63. The Hall–Kier alpha value is -3.71. The molecule has 4 aromatic rings. The molecular formula is C23H19N3O3S. The van der Waals surface area contributed by atoms with E-state index in [-0.39, 0.29) is 11.7 Å². The minimum absolute atomic E-state index is 0.0282. The van der Waals surface area contributed by atoms with Crippen molar-refractivity contribution >= 4 is 44.6 Å². The van der Waals surface area contributed by atoms with Gasteiger partial charge in [-0.25, -0.2) is 4.98 Å². The maximum absolute atomic E-state index is 12.8. The Kier molecular flexibility index (Phi) is 5.20. The predicted molar refractivity (Wildman–Crippen MR) is 120 cm³/mol. The number of nitrogens with zero attached hydrogens (tertiary/aromatic N) is 1. The third kappa shape index (κ3) is 3.75. The van der Waals surface area contributed by atoms with Gasteiger partial charge in [0.2, 0.25) is 0 Å². The van der Waals surface area contributed by atoms with Gasteiger partial charge in [0.15, 0.2) is 5.78 Å². The first-order valence-electron chi connectivity index (χ1n) is 9.22. The van der Waals surface area contributed by atoms with Gasteiger partial charge in [-0.1, -0.05) is 12.1 Å². The molecule has 0 saturated heterocycles. The molecule has 2 aromatic carbocycles. The first kappa shape index (κ1) is 19.6. The van der Waals surface area contributed by atoms with Gasteiger partial charge < -0.3 is 15.8 Å². The lowest BCUT2D eigenvalue weighted by Crippen LogP contribution is -2.12. The summed E-state index contributed by atoms with van der Waals surface area (Å²) in [6.07, 6.45) is 0. The molecule has 0 unspecified atom stereocenters. The highest BCUT2D eigenvalue weighted by Gasteiger charge is 2.18. The summed E-state index contributed by atoms with van der Waals surface area (Å²) in [6, 6.07) is 18.1. The number of ketones is 1. The van der Waals surface area contributed by atoms with Gasteiger partial charge in [-0.3, -0.25) is 9.59 Å². The number of Topliss-reactive ketones (excluding diaryl/α,β-unsaturated/α-hetero) is 1. The summed E-state index contributed by atoms with van der Waals surface area (Å²) < 4.78 is 5.28. The molecule has 30 heavy (non-hydrogen) atoms. The lowest BCUT2D eigenvalue weighted by molar-refractivity contribution is 0.101. The predicted octanol–water partition coefficient (Wildman–Crippen LogP) is 5.01. The molecule has 0 aliphatic carbocycles. The molecule has 3 N–H and O–H groups in total. The monoisotopic (exact) mass is 417 g/mol. The number of nitrogens with one attached hydrogen (secondary N) is 1. The number of ether oxygens (including phenoxy) is 1. The number of methoxy groups -OCH3 is 1. The lowest BCUT2D eigenvalue weighted by Gasteiger charge is -2.05. The van der Waals surface area contributed by atoms with E-state index in [1.165, 1.54) is 18.3 Å². The highest BCUT2D eigenvalue weighted by atomic mass is 32.1. The van der Waals surface area contributed by atoms with E-state index in [2.05, 4.69) is 10.3 Å². The van der Waals surface area contributed by atoms with Crippen molar-refractivity contribution in [3.8, 4) is 17.0 Å². The first-order chi connectivity index (χ1) is 14.5. The van der Waals surface area contributed by atoms with Crippen LogP contribution in [0.2, 0.25) is 0 Å². The number of rotatable bonds is 5. The standard InChI is InChI=1S/C23H19N3O3S/c1-13(27)14-6-8-16(9-7-14)25-22(28)21-20(24)18-10-11-19(26-23(18)30-21)15-4-3-5-17(12-15)29-2/h3-12H,24H2,1-2H3,(H,25,28). The van der Waals surface area contributed by atoms with Crippen LogP contribution in [0.15, 0.2) is 60.7 Å². The Morgan fingerprint density at radius 2 is 1.83 bits per heavy atom. The molecule has 0 aliphatic heterocycles. The fourth-order valence-corrected chi connectivity index (χ4v) is 4.07. The van der Waals surface area contributed by atoms with Crippen molar-refractivity contribution in [3.63, 3.8) is 0 Å². The zero-order chi connectivity index (χ0) is 21.3. The maximum Gasteiger partial charge on any atom is 0.267 e. The molecule has 2 heterocycles. The molecular weight excluding hydrogens is 398 g/mol. The fourth-order valence-electron chi connectivity index (χ4n) is 3.09. The van der Waals surface area contributed by atoms with Crippen LogP contribution >= 0.6 is 11.3 Å². The Morgan fingerprint density at radius 1 is 1.07 bits per heavy atom. The van der Waals surface area contributed by atoms with E-state index in [0.29, 0.717) is 26.6 Å². The Bertz CT molecular complexity index is 1260. The molecule has 6 nitrogen and oxygen atoms in total. The second-order valence-corrected chi connectivity index (χ2v) is 7.71. The average Bonchev–Trinajstić information content (AvgIpc) is 3.10. The zero-order valence-electron chi connectivity index (χ0n) is 16.4. The normalized spacial score (nSPS) is 10.7. The number of thiophene rings is 1. The number of pyridine rings is 1. The lowest BCUT2D eigenvalue weighted by atomic mass is 10.1. The maximum atomic E-state index is 12.8. The third-order valence-electron chi connectivity index (χ3n) is 4.71. The van der Waals surface area contributed by atoms with Gasteiger partial charge in [-0.05, 0) is 55.5 Å². The summed E-state index contributed by atoms with van der Waals surface area (Å²) in [4.78, 5) is 29.9. The van der Waals surface area contributed by atoms with Crippen LogP contribution in [-0.2, 0) is 0 Å². The van der Waals surface area contributed by atoms with Crippen LogP contribution < -0.4 is 15.8 Å². The van der Waals surface area contributed by atoms with Crippen LogP contribution in [0.1, 0.15) is 27.0 Å². The molecule has 0 atom stereocenters. The number of fused-ring (bicyclic) bond motifs is 1. The van der Waals surface area contributed by atoms with Crippen molar-refractivity contribution in [1.82, 2.24) is 4.98 Å². The van der Waals surface area contributed by atoms with Crippen LogP contribution in [0.4, 0.5) is 11.4 Å². The quantitative estimate of drug-likeness (QED) is 0.445. The summed E-state index contributed by atoms with van der Waals surface area (Å²) in [5.41, 5.74) is 9.50. The Morgan fingerprint density at radius 3 is 2.53 bits per heavy atom. The smallest absolute Gasteiger partial charge is 0.267 e. The molecule has 2 aromatic heterocycles. The molecule has 0 radical (unpaired) electrons. The van der Waals surface area contributed by atoms with Crippen molar-refractivity contribution in [1.29, 1.82) is 0 Å². The van der Waals surface area contributed by atoms with Crippen LogP contribution in [0.5, 0.6) is 5.75 Å². The van der Waals surface area contributed by atoms with E-state index in [9.17, 15) is 9.59 Å². The minimum Gasteiger partial charge on any atom is -0.497 e. The summed E-state index contributed by atoms with van der Waals surface area (Å²) in [7, 11) is 1.62. The second-order valence-electron chi connectivity index (χ2n) is 6.71. The Labute approximate surface area is 177 Å². The number of amides is 1. The van der Waals surface area contributed by atoms with E-state index in [0.717, 1.165) is 22.4 Å². The molecule has 4 rings (SSSR count). The van der Waals surface area contributed by atoms with E-state index >= 15 is 0 Å². The van der Waals surface area contributed by atoms with Crippen molar-refractivity contribution < 1.29 is 14.3 Å². The number of hydrogen-bond donors (Lipinski definition) is 2. The van der Waals surface area contributed by atoms with Crippen LogP contribution in [0, 0.1) is 0 Å². The fraction of sp³-hybridized carbons (Fsp3) is 0.0870. The van der Waals surface area contributed by atoms with E-state index < -0.39 is 0 Å². The van der Waals surface area contributed by atoms with Crippen molar-refractivity contribution in [2.45, 2.75) is 6.92 Å². The molecule has 0 spiro atoms. The van der Waals surface area contributed by atoms with Gasteiger partial charge in [-0.15, -0.1) is 11.3 Å². The van der Waals surface area contributed by atoms with Crippen LogP contribution in [-0.4, -0.2) is 23.8 Å².